The summed E-state index contributed by atoms with van der Waals surface area (Å²) < 4.78 is 0. The van der Waals surface area contributed by atoms with E-state index in [1.807, 2.05) is 24.3 Å². The number of hydrazine groups is 1. The molecule has 0 spiro atoms. The molecule has 2 nitrogen and oxygen atoms in total. The second-order valence-corrected chi connectivity index (χ2v) is 3.50. The fourth-order valence-electron chi connectivity index (χ4n) is 1.93. The number of fused-ring (bicyclic) bond motifs is 1. The number of rotatable bonds is 2. The SMILES string of the molecule is C=CCC1C(=C)N(N)c2ccccc21. The van der Waals surface area contributed by atoms with Crippen molar-refractivity contribution in [2.75, 3.05) is 5.01 Å². The van der Waals surface area contributed by atoms with Crippen molar-refractivity contribution in [2.24, 2.45) is 5.84 Å². The largest absolute Gasteiger partial charge is 0.283 e. The lowest BCUT2D eigenvalue weighted by atomic mass is 9.96. The molecule has 1 aromatic carbocycles. The molecule has 1 atom stereocenters. The first-order chi connectivity index (χ1) is 6.75. The van der Waals surface area contributed by atoms with Gasteiger partial charge in [0.05, 0.1) is 5.69 Å². The van der Waals surface area contributed by atoms with Gasteiger partial charge in [0.15, 0.2) is 0 Å². The second-order valence-electron chi connectivity index (χ2n) is 3.50. The quantitative estimate of drug-likeness (QED) is 0.568. The van der Waals surface area contributed by atoms with Crippen molar-refractivity contribution in [1.82, 2.24) is 0 Å². The van der Waals surface area contributed by atoms with Gasteiger partial charge in [-0.05, 0) is 18.1 Å². The molecule has 72 valence electrons. The van der Waals surface area contributed by atoms with Crippen LogP contribution in [0.4, 0.5) is 5.69 Å². The van der Waals surface area contributed by atoms with Crippen LogP contribution >= 0.6 is 0 Å². The van der Waals surface area contributed by atoms with Gasteiger partial charge in [-0.25, -0.2) is 5.84 Å². The zero-order valence-corrected chi connectivity index (χ0v) is 8.11. The second kappa shape index (κ2) is 3.31. The number of hydrogen-bond donors (Lipinski definition) is 1. The van der Waals surface area contributed by atoms with Gasteiger partial charge in [0.25, 0.3) is 0 Å². The molecule has 2 rings (SSSR count). The molecule has 1 aliphatic rings. The van der Waals surface area contributed by atoms with Crippen molar-refractivity contribution in [2.45, 2.75) is 12.3 Å². The first kappa shape index (κ1) is 9.03. The number of allylic oxidation sites excluding steroid dienone is 2. The molecule has 0 radical (unpaired) electrons. The van der Waals surface area contributed by atoms with Gasteiger partial charge < -0.3 is 0 Å². The molecule has 0 aliphatic carbocycles. The van der Waals surface area contributed by atoms with Gasteiger partial charge in [0.1, 0.15) is 0 Å². The summed E-state index contributed by atoms with van der Waals surface area (Å²) in [6.07, 6.45) is 2.80. The summed E-state index contributed by atoms with van der Waals surface area (Å²) in [4.78, 5) is 0. The van der Waals surface area contributed by atoms with Crippen molar-refractivity contribution in [3.8, 4) is 0 Å². The maximum absolute atomic E-state index is 5.91. The minimum Gasteiger partial charge on any atom is -0.283 e. The third-order valence-electron chi connectivity index (χ3n) is 2.69. The van der Waals surface area contributed by atoms with Crippen molar-refractivity contribution < 1.29 is 0 Å². The Kier molecular flexibility index (Phi) is 2.14. The Balaban J connectivity index is 2.47. The topological polar surface area (TPSA) is 29.3 Å². The van der Waals surface area contributed by atoms with E-state index in [0.29, 0.717) is 5.92 Å². The summed E-state index contributed by atoms with van der Waals surface area (Å²) in [6, 6.07) is 8.13. The predicted molar refractivity (Wildman–Crippen MR) is 59.8 cm³/mol. The molecule has 0 bridgehead atoms. The average Bonchev–Trinajstić information content (AvgIpc) is 2.45. The fraction of sp³-hybridized carbons (Fsp3) is 0.167. The smallest absolute Gasteiger partial charge is 0.0610 e. The molecule has 2 N–H and O–H groups in total. The molecule has 1 aliphatic heterocycles. The van der Waals surface area contributed by atoms with Crippen LogP contribution in [-0.4, -0.2) is 0 Å². The van der Waals surface area contributed by atoms with Crippen molar-refractivity contribution in [3.63, 3.8) is 0 Å². The van der Waals surface area contributed by atoms with Crippen LogP contribution in [0.5, 0.6) is 0 Å². The highest BCUT2D eigenvalue weighted by atomic mass is 15.4. The van der Waals surface area contributed by atoms with Gasteiger partial charge in [0.2, 0.25) is 0 Å². The highest BCUT2D eigenvalue weighted by Crippen LogP contribution is 2.42. The molecule has 2 heteroatoms. The van der Waals surface area contributed by atoms with Crippen molar-refractivity contribution in [3.05, 3.63) is 54.8 Å². The summed E-state index contributed by atoms with van der Waals surface area (Å²) in [5.41, 5.74) is 3.26. The standard InChI is InChI=1S/C12H14N2/c1-3-6-10-9(2)14(13)12-8-5-4-7-11(10)12/h3-5,7-8,10H,1-2,6,13H2. The Morgan fingerprint density at radius 1 is 1.43 bits per heavy atom. The number of benzene rings is 1. The molecule has 0 fully saturated rings. The van der Waals surface area contributed by atoms with Gasteiger partial charge in [-0.1, -0.05) is 30.9 Å². The minimum atomic E-state index is 0.300. The molecule has 14 heavy (non-hydrogen) atoms. The van der Waals surface area contributed by atoms with E-state index in [2.05, 4.69) is 19.2 Å². The van der Waals surface area contributed by atoms with E-state index in [4.69, 9.17) is 5.84 Å². The molecule has 1 aromatic rings. The molecule has 0 saturated carbocycles. The third-order valence-corrected chi connectivity index (χ3v) is 2.69. The van der Waals surface area contributed by atoms with E-state index in [9.17, 15) is 0 Å². The highest BCUT2D eigenvalue weighted by Gasteiger charge is 2.29. The summed E-state index contributed by atoms with van der Waals surface area (Å²) in [7, 11) is 0. The summed E-state index contributed by atoms with van der Waals surface area (Å²) in [6.45, 7) is 7.76. The zero-order chi connectivity index (χ0) is 10.1. The average molecular weight is 186 g/mol. The van der Waals surface area contributed by atoms with Crippen LogP contribution < -0.4 is 10.9 Å². The van der Waals surface area contributed by atoms with Crippen LogP contribution in [0.1, 0.15) is 17.9 Å². The van der Waals surface area contributed by atoms with Gasteiger partial charge in [-0.15, -0.1) is 6.58 Å². The van der Waals surface area contributed by atoms with Crippen molar-refractivity contribution in [1.29, 1.82) is 0 Å². The first-order valence-corrected chi connectivity index (χ1v) is 4.69. The molecule has 0 aromatic heterocycles. The minimum absolute atomic E-state index is 0.300. The van der Waals surface area contributed by atoms with Gasteiger partial charge in [-0.2, -0.15) is 0 Å². The van der Waals surface area contributed by atoms with E-state index in [1.165, 1.54) is 5.56 Å². The fourth-order valence-corrected chi connectivity index (χ4v) is 1.93. The number of para-hydroxylation sites is 1. The monoisotopic (exact) mass is 186 g/mol. The molecule has 0 saturated heterocycles. The van der Waals surface area contributed by atoms with Gasteiger partial charge in [0, 0.05) is 11.6 Å². The lowest BCUT2D eigenvalue weighted by Crippen LogP contribution is -2.26. The lowest BCUT2D eigenvalue weighted by Gasteiger charge is -2.14. The zero-order valence-electron chi connectivity index (χ0n) is 8.11. The predicted octanol–water partition coefficient (Wildman–Crippen LogP) is 2.55. The Bertz CT molecular complexity index is 382. The number of nitrogens with two attached hydrogens (primary N) is 1. The third kappa shape index (κ3) is 1.16. The first-order valence-electron chi connectivity index (χ1n) is 4.69. The maximum Gasteiger partial charge on any atom is 0.0610 e. The van der Waals surface area contributed by atoms with E-state index < -0.39 is 0 Å². The van der Waals surface area contributed by atoms with Crippen LogP contribution in [0.25, 0.3) is 0 Å². The number of nitrogens with zero attached hydrogens (tertiary/aromatic N) is 1. The van der Waals surface area contributed by atoms with E-state index >= 15 is 0 Å². The van der Waals surface area contributed by atoms with Crippen LogP contribution in [-0.2, 0) is 0 Å². The lowest BCUT2D eigenvalue weighted by molar-refractivity contribution is 0.815. The van der Waals surface area contributed by atoms with Crippen LogP contribution in [0.3, 0.4) is 0 Å². The molecule has 1 heterocycles. The maximum atomic E-state index is 5.91. The Labute approximate surface area is 84.3 Å². The van der Waals surface area contributed by atoms with E-state index in [0.717, 1.165) is 17.8 Å². The Hall–Kier alpha value is -1.54. The molecular weight excluding hydrogens is 172 g/mol. The number of anilines is 1. The van der Waals surface area contributed by atoms with Crippen molar-refractivity contribution >= 4 is 5.69 Å². The molecule has 0 amide bonds. The summed E-state index contributed by atoms with van der Waals surface area (Å²) in [5.74, 6) is 6.21. The summed E-state index contributed by atoms with van der Waals surface area (Å²) >= 11 is 0. The molecular formula is C12H14N2. The Morgan fingerprint density at radius 2 is 2.14 bits per heavy atom. The van der Waals surface area contributed by atoms with Gasteiger partial charge >= 0.3 is 0 Å². The van der Waals surface area contributed by atoms with E-state index in [-0.39, 0.29) is 0 Å². The van der Waals surface area contributed by atoms with Crippen LogP contribution in [0.15, 0.2) is 49.2 Å². The number of hydrogen-bond acceptors (Lipinski definition) is 2. The van der Waals surface area contributed by atoms with Crippen LogP contribution in [0, 0.1) is 0 Å². The summed E-state index contributed by atoms with van der Waals surface area (Å²) in [5, 5.41) is 1.67. The molecule has 1 unspecified atom stereocenters. The van der Waals surface area contributed by atoms with Crippen LogP contribution in [0.2, 0.25) is 0 Å². The van der Waals surface area contributed by atoms with Gasteiger partial charge in [-0.3, -0.25) is 5.01 Å². The normalized spacial score (nSPS) is 19.6. The van der Waals surface area contributed by atoms with E-state index in [1.54, 1.807) is 5.01 Å². The Morgan fingerprint density at radius 3 is 2.86 bits per heavy atom. The highest BCUT2D eigenvalue weighted by molar-refractivity contribution is 5.66.